The lowest BCUT2D eigenvalue weighted by molar-refractivity contribution is -0.119. The molecule has 0 aliphatic rings. The van der Waals surface area contributed by atoms with Crippen LogP contribution >= 0.6 is 11.6 Å². The number of nitrogens with zero attached hydrogens (tertiary/aromatic N) is 1. The predicted molar refractivity (Wildman–Crippen MR) is 71.9 cm³/mol. The molecule has 0 atom stereocenters. The van der Waals surface area contributed by atoms with Crippen LogP contribution in [0.3, 0.4) is 0 Å². The van der Waals surface area contributed by atoms with E-state index in [0.29, 0.717) is 0 Å². The van der Waals surface area contributed by atoms with Crippen LogP contribution in [-0.2, 0) is 14.8 Å². The first-order chi connectivity index (χ1) is 8.53. The van der Waals surface area contributed by atoms with Gasteiger partial charge >= 0.3 is 0 Å². The number of hydrogen-bond acceptors (Lipinski definition) is 5. The molecule has 7 nitrogen and oxygen atoms in total. The first-order valence-corrected chi connectivity index (χ1v) is 7.13. The maximum absolute atomic E-state index is 12.1. The van der Waals surface area contributed by atoms with Gasteiger partial charge in [-0.15, -0.1) is 0 Å². The monoisotopic (exact) mass is 306 g/mol. The topological polar surface area (TPSA) is 128 Å². The van der Waals surface area contributed by atoms with E-state index in [1.54, 1.807) is 13.8 Å². The summed E-state index contributed by atoms with van der Waals surface area (Å²) in [6.07, 6.45) is 0.951. The third-order valence-electron chi connectivity index (χ3n) is 2.18. The number of aromatic nitrogens is 1. The van der Waals surface area contributed by atoms with Gasteiger partial charge < -0.3 is 11.5 Å². The van der Waals surface area contributed by atoms with Crippen LogP contribution in [0.4, 0.5) is 5.82 Å². The molecule has 5 N–H and O–H groups in total. The number of nitrogen functional groups attached to an aromatic ring is 1. The summed E-state index contributed by atoms with van der Waals surface area (Å²) in [6.45, 7) is 3.09. The quantitative estimate of drug-likeness (QED) is 0.718. The molecule has 0 fully saturated rings. The van der Waals surface area contributed by atoms with Gasteiger partial charge in [0, 0.05) is 18.2 Å². The van der Waals surface area contributed by atoms with E-state index >= 15 is 0 Å². The highest BCUT2D eigenvalue weighted by Crippen LogP contribution is 2.21. The fourth-order valence-corrected chi connectivity index (χ4v) is 3.09. The number of primary amides is 1. The fraction of sp³-hybridized carbons (Fsp3) is 0.400. The Morgan fingerprint density at radius 2 is 2.11 bits per heavy atom. The molecule has 0 aromatic carbocycles. The zero-order valence-electron chi connectivity index (χ0n) is 10.5. The molecule has 19 heavy (non-hydrogen) atoms. The second-order valence-electron chi connectivity index (χ2n) is 4.67. The van der Waals surface area contributed by atoms with Gasteiger partial charge in [0.15, 0.2) is 0 Å². The standard InChI is InChI=1S/C10H15ClN4O3S/c1-10(2,4-8(12)16)15-19(17,18)6-3-7(11)9(13)14-5-6/h3,5,15H,4H2,1-2H3,(H2,12,16)(H2,13,14). The Hall–Kier alpha value is -1.38. The van der Waals surface area contributed by atoms with E-state index in [9.17, 15) is 13.2 Å². The lowest BCUT2D eigenvalue weighted by atomic mass is 10.0. The summed E-state index contributed by atoms with van der Waals surface area (Å²) < 4.78 is 26.5. The lowest BCUT2D eigenvalue weighted by Crippen LogP contribution is -2.45. The molecule has 0 spiro atoms. The van der Waals surface area contributed by atoms with E-state index in [2.05, 4.69) is 9.71 Å². The molecule has 0 saturated carbocycles. The third kappa shape index (κ3) is 4.34. The van der Waals surface area contributed by atoms with Gasteiger partial charge in [0.05, 0.1) is 5.02 Å². The molecule has 1 rings (SSSR count). The van der Waals surface area contributed by atoms with Gasteiger partial charge in [0.1, 0.15) is 10.7 Å². The maximum Gasteiger partial charge on any atom is 0.242 e. The summed E-state index contributed by atoms with van der Waals surface area (Å²) in [5, 5.41) is 0.0376. The van der Waals surface area contributed by atoms with Crippen molar-refractivity contribution in [1.29, 1.82) is 0 Å². The van der Waals surface area contributed by atoms with Gasteiger partial charge in [-0.3, -0.25) is 4.79 Å². The zero-order valence-corrected chi connectivity index (χ0v) is 12.0. The highest BCUT2D eigenvalue weighted by atomic mass is 35.5. The minimum absolute atomic E-state index is 0.0376. The van der Waals surface area contributed by atoms with Gasteiger partial charge in [0.25, 0.3) is 0 Å². The van der Waals surface area contributed by atoms with E-state index in [1.165, 1.54) is 6.07 Å². The Balaban J connectivity index is 3.04. The number of sulfonamides is 1. The first kappa shape index (κ1) is 15.7. The molecule has 1 heterocycles. The number of carbonyl (C=O) groups is 1. The minimum Gasteiger partial charge on any atom is -0.382 e. The summed E-state index contributed by atoms with van der Waals surface area (Å²) in [6, 6.07) is 1.19. The first-order valence-electron chi connectivity index (χ1n) is 5.27. The number of nitrogens with one attached hydrogen (secondary N) is 1. The Morgan fingerprint density at radius 1 is 1.53 bits per heavy atom. The summed E-state index contributed by atoms with van der Waals surface area (Å²) >= 11 is 5.72. The SMILES string of the molecule is CC(C)(CC(N)=O)NS(=O)(=O)c1cnc(N)c(Cl)c1. The zero-order chi connectivity index (χ0) is 14.8. The highest BCUT2D eigenvalue weighted by Gasteiger charge is 2.28. The molecule has 0 bridgehead atoms. The number of carbonyl (C=O) groups excluding carboxylic acids is 1. The number of halogens is 1. The molecular weight excluding hydrogens is 292 g/mol. The molecule has 1 aromatic rings. The molecule has 0 saturated heterocycles. The van der Waals surface area contributed by atoms with Crippen LogP contribution in [0, 0.1) is 0 Å². The van der Waals surface area contributed by atoms with Crippen molar-refractivity contribution in [3.8, 4) is 0 Å². The summed E-state index contributed by atoms with van der Waals surface area (Å²) in [7, 11) is -3.86. The van der Waals surface area contributed by atoms with Gasteiger partial charge in [-0.05, 0) is 19.9 Å². The fourth-order valence-electron chi connectivity index (χ4n) is 1.47. The van der Waals surface area contributed by atoms with E-state index in [0.717, 1.165) is 6.20 Å². The molecule has 0 aliphatic carbocycles. The van der Waals surface area contributed by atoms with Crippen LogP contribution in [0.1, 0.15) is 20.3 Å². The Kier molecular flexibility index (Phi) is 4.39. The number of pyridine rings is 1. The number of amides is 1. The number of rotatable bonds is 5. The maximum atomic E-state index is 12.1. The number of nitrogens with two attached hydrogens (primary N) is 2. The van der Waals surface area contributed by atoms with Crippen molar-refractivity contribution >= 4 is 33.3 Å². The van der Waals surface area contributed by atoms with E-state index < -0.39 is 21.5 Å². The average molecular weight is 307 g/mol. The Morgan fingerprint density at radius 3 is 2.58 bits per heavy atom. The van der Waals surface area contributed by atoms with Crippen molar-refractivity contribution in [2.24, 2.45) is 5.73 Å². The van der Waals surface area contributed by atoms with E-state index in [1.807, 2.05) is 0 Å². The molecule has 1 amide bonds. The van der Waals surface area contributed by atoms with Crippen molar-refractivity contribution in [2.75, 3.05) is 5.73 Å². The van der Waals surface area contributed by atoms with Crippen molar-refractivity contribution in [2.45, 2.75) is 30.7 Å². The largest absolute Gasteiger partial charge is 0.382 e. The minimum atomic E-state index is -3.86. The van der Waals surface area contributed by atoms with Crippen molar-refractivity contribution < 1.29 is 13.2 Å². The Bertz CT molecular complexity index is 601. The highest BCUT2D eigenvalue weighted by molar-refractivity contribution is 7.89. The van der Waals surface area contributed by atoms with E-state index in [4.69, 9.17) is 23.1 Å². The molecule has 0 unspecified atom stereocenters. The van der Waals surface area contributed by atoms with Crippen LogP contribution in [0.25, 0.3) is 0 Å². The van der Waals surface area contributed by atoms with Gasteiger partial charge in [-0.1, -0.05) is 11.6 Å². The molecule has 0 radical (unpaired) electrons. The van der Waals surface area contributed by atoms with Crippen LogP contribution in [0.15, 0.2) is 17.2 Å². The number of anilines is 1. The molecule has 106 valence electrons. The molecule has 9 heteroatoms. The van der Waals surface area contributed by atoms with Crippen LogP contribution in [0.5, 0.6) is 0 Å². The normalized spacial score (nSPS) is 12.4. The Labute approximate surface area is 116 Å². The van der Waals surface area contributed by atoms with Gasteiger partial charge in [-0.25, -0.2) is 18.1 Å². The summed E-state index contributed by atoms with van der Waals surface area (Å²) in [5.74, 6) is -0.571. The van der Waals surface area contributed by atoms with Crippen molar-refractivity contribution in [3.63, 3.8) is 0 Å². The molecular formula is C10H15ClN4O3S. The number of hydrogen-bond donors (Lipinski definition) is 3. The summed E-state index contributed by atoms with van der Waals surface area (Å²) in [5.41, 5.74) is 9.45. The summed E-state index contributed by atoms with van der Waals surface area (Å²) in [4.78, 5) is 14.4. The molecule has 1 aromatic heterocycles. The van der Waals surface area contributed by atoms with Gasteiger partial charge in [0.2, 0.25) is 15.9 Å². The predicted octanol–water partition coefficient (Wildman–Crippen LogP) is 0.249. The smallest absolute Gasteiger partial charge is 0.242 e. The molecule has 0 aliphatic heterocycles. The second-order valence-corrected chi connectivity index (χ2v) is 6.76. The van der Waals surface area contributed by atoms with Crippen molar-refractivity contribution in [1.82, 2.24) is 9.71 Å². The van der Waals surface area contributed by atoms with Crippen molar-refractivity contribution in [3.05, 3.63) is 17.3 Å². The lowest BCUT2D eigenvalue weighted by Gasteiger charge is -2.24. The van der Waals surface area contributed by atoms with E-state index in [-0.39, 0.29) is 22.2 Å². The van der Waals surface area contributed by atoms with Gasteiger partial charge in [-0.2, -0.15) is 0 Å². The average Bonchev–Trinajstić information content (AvgIpc) is 2.17. The van der Waals surface area contributed by atoms with Crippen LogP contribution < -0.4 is 16.2 Å². The van der Waals surface area contributed by atoms with Crippen LogP contribution in [-0.4, -0.2) is 24.8 Å². The second kappa shape index (κ2) is 5.32. The third-order valence-corrected chi connectivity index (χ3v) is 4.15. The van der Waals surface area contributed by atoms with Crippen LogP contribution in [0.2, 0.25) is 5.02 Å².